The molecule has 4 heteroatoms. The normalized spacial score (nSPS) is 14.7. The summed E-state index contributed by atoms with van der Waals surface area (Å²) >= 11 is 0. The first-order chi connectivity index (χ1) is 16.1. The second-order valence-electron chi connectivity index (χ2n) is 8.13. The highest BCUT2D eigenvalue weighted by Gasteiger charge is 2.27. The van der Waals surface area contributed by atoms with Crippen LogP contribution < -0.4 is 0 Å². The van der Waals surface area contributed by atoms with Crippen molar-refractivity contribution in [2.24, 2.45) is 5.92 Å². The van der Waals surface area contributed by atoms with Gasteiger partial charge in [0.05, 0.1) is 12.4 Å². The third-order valence-electron chi connectivity index (χ3n) is 6.03. The van der Waals surface area contributed by atoms with Crippen molar-refractivity contribution >= 4 is 22.4 Å². The van der Waals surface area contributed by atoms with E-state index in [0.29, 0.717) is 18.6 Å². The minimum atomic E-state index is -0.960. The smallest absolute Gasteiger partial charge is 0.132 e. The van der Waals surface area contributed by atoms with E-state index in [2.05, 4.69) is 12.7 Å². The van der Waals surface area contributed by atoms with Crippen LogP contribution in [0.15, 0.2) is 102 Å². The van der Waals surface area contributed by atoms with Gasteiger partial charge in [0, 0.05) is 11.3 Å². The quantitative estimate of drug-likeness (QED) is 0.209. The molecule has 33 heavy (non-hydrogen) atoms. The van der Waals surface area contributed by atoms with Crippen molar-refractivity contribution in [1.82, 2.24) is 0 Å². The molecule has 1 heterocycles. The van der Waals surface area contributed by atoms with Crippen molar-refractivity contribution in [3.05, 3.63) is 115 Å². The summed E-state index contributed by atoms with van der Waals surface area (Å²) in [7, 11) is 0. The fourth-order valence-electron chi connectivity index (χ4n) is 4.21. The molecule has 0 aliphatic heterocycles. The third-order valence-corrected chi connectivity index (χ3v) is 6.03. The molecule has 0 fully saturated rings. The first-order valence-corrected chi connectivity index (χ1v) is 11.1. The van der Waals surface area contributed by atoms with Crippen molar-refractivity contribution in [1.29, 1.82) is 0 Å². The molecule has 0 aliphatic carbocycles. The van der Waals surface area contributed by atoms with Crippen LogP contribution in [-0.2, 0) is 0 Å². The van der Waals surface area contributed by atoms with E-state index in [9.17, 15) is 15.3 Å². The molecular weight excluding hydrogens is 412 g/mol. The topological polar surface area (TPSA) is 73.8 Å². The number of rotatable bonds is 9. The number of hydrogen-bond donors (Lipinski definition) is 3. The number of phenols is 1. The minimum absolute atomic E-state index is 0.250. The molecule has 0 unspecified atom stereocenters. The highest BCUT2D eigenvalue weighted by atomic mass is 16.4. The number of aromatic hydroxyl groups is 1. The Morgan fingerprint density at radius 3 is 2.30 bits per heavy atom. The molecule has 1 aromatic heterocycles. The summed E-state index contributed by atoms with van der Waals surface area (Å²) in [6.07, 6.45) is 4.46. The lowest BCUT2D eigenvalue weighted by atomic mass is 9.88. The fraction of sp³-hybridized carbons (Fsp3) is 0.172. The van der Waals surface area contributed by atoms with Gasteiger partial charge < -0.3 is 19.7 Å². The molecule has 0 spiro atoms. The van der Waals surface area contributed by atoms with Crippen molar-refractivity contribution in [3.8, 4) is 5.75 Å². The van der Waals surface area contributed by atoms with Crippen molar-refractivity contribution in [2.45, 2.75) is 25.0 Å². The standard InChI is InChI=1S/C29H28O4/c1-2-23(29(32)28-13-8-18-33-28)26(30)16-14-21(20-9-4-3-5-10-20)19-22-15-17-27(31)25-12-7-6-11-24(22)25/h2-13,15,17-19,23,26,29-32H,1,14,16H2/b21-19-/t23-,26-,29+/m1/s1. The molecule has 3 atom stereocenters. The van der Waals surface area contributed by atoms with Gasteiger partial charge in [-0.25, -0.2) is 0 Å². The van der Waals surface area contributed by atoms with Crippen molar-refractivity contribution in [2.75, 3.05) is 0 Å². The fourth-order valence-corrected chi connectivity index (χ4v) is 4.21. The van der Waals surface area contributed by atoms with E-state index < -0.39 is 18.1 Å². The van der Waals surface area contributed by atoms with Gasteiger partial charge in [-0.1, -0.05) is 72.8 Å². The summed E-state index contributed by atoms with van der Waals surface area (Å²) in [6, 6.07) is 24.8. The molecule has 4 rings (SSSR count). The lowest BCUT2D eigenvalue weighted by molar-refractivity contribution is 0.0214. The highest BCUT2D eigenvalue weighted by Crippen LogP contribution is 2.33. The summed E-state index contributed by atoms with van der Waals surface area (Å²) in [5.74, 6) is 0.108. The Labute approximate surface area is 193 Å². The Morgan fingerprint density at radius 1 is 0.879 bits per heavy atom. The van der Waals surface area contributed by atoms with Gasteiger partial charge in [-0.15, -0.1) is 6.58 Å². The van der Waals surface area contributed by atoms with Gasteiger partial charge in [-0.2, -0.15) is 0 Å². The van der Waals surface area contributed by atoms with Gasteiger partial charge >= 0.3 is 0 Å². The first-order valence-electron chi connectivity index (χ1n) is 11.1. The highest BCUT2D eigenvalue weighted by molar-refractivity contribution is 5.98. The van der Waals surface area contributed by atoms with Gasteiger partial charge in [-0.3, -0.25) is 0 Å². The maximum Gasteiger partial charge on any atom is 0.132 e. The molecule has 0 bridgehead atoms. The van der Waals surface area contributed by atoms with Crippen LogP contribution in [-0.4, -0.2) is 21.4 Å². The zero-order chi connectivity index (χ0) is 23.2. The molecule has 3 N–H and O–H groups in total. The van der Waals surface area contributed by atoms with Crippen LogP contribution in [0, 0.1) is 5.92 Å². The number of benzene rings is 3. The largest absolute Gasteiger partial charge is 0.507 e. The molecule has 4 nitrogen and oxygen atoms in total. The monoisotopic (exact) mass is 440 g/mol. The van der Waals surface area contributed by atoms with Crippen LogP contribution in [0.5, 0.6) is 5.75 Å². The van der Waals surface area contributed by atoms with Gasteiger partial charge in [0.15, 0.2) is 0 Å². The molecule has 168 valence electrons. The summed E-state index contributed by atoms with van der Waals surface area (Å²) in [5, 5.41) is 33.6. The Hall–Kier alpha value is -3.60. The molecule has 0 saturated carbocycles. The van der Waals surface area contributed by atoms with Crippen LogP contribution >= 0.6 is 0 Å². The van der Waals surface area contributed by atoms with Crippen molar-refractivity contribution in [3.63, 3.8) is 0 Å². The number of allylic oxidation sites excluding steroid dienone is 1. The first kappa shape index (κ1) is 22.6. The van der Waals surface area contributed by atoms with Crippen LogP contribution in [0.3, 0.4) is 0 Å². The SMILES string of the molecule is C=C[C@H]([C@H](O)CC/C(=C/c1ccc(O)c2ccccc12)c1ccccc1)[C@H](O)c1ccco1. The number of furan rings is 1. The van der Waals surface area contributed by atoms with Crippen molar-refractivity contribution < 1.29 is 19.7 Å². The summed E-state index contributed by atoms with van der Waals surface area (Å²) < 4.78 is 5.31. The molecular formula is C29H28O4. The zero-order valence-corrected chi connectivity index (χ0v) is 18.3. The predicted octanol–water partition coefficient (Wildman–Crippen LogP) is 6.36. The van der Waals surface area contributed by atoms with E-state index in [-0.39, 0.29) is 5.75 Å². The number of hydrogen-bond acceptors (Lipinski definition) is 4. The molecule has 3 aromatic carbocycles. The molecule has 4 aromatic rings. The van der Waals surface area contributed by atoms with Gasteiger partial charge in [-0.05, 0) is 53.1 Å². The summed E-state index contributed by atoms with van der Waals surface area (Å²) in [6.45, 7) is 3.81. The summed E-state index contributed by atoms with van der Waals surface area (Å²) in [5.41, 5.74) is 3.11. The van der Waals surface area contributed by atoms with E-state index in [1.165, 1.54) is 6.26 Å². The average Bonchev–Trinajstić information content (AvgIpc) is 3.39. The minimum Gasteiger partial charge on any atom is -0.507 e. The lowest BCUT2D eigenvalue weighted by Crippen LogP contribution is -2.24. The van der Waals surface area contributed by atoms with Crippen LogP contribution in [0.2, 0.25) is 0 Å². The zero-order valence-electron chi connectivity index (χ0n) is 18.3. The van der Waals surface area contributed by atoms with E-state index >= 15 is 0 Å². The molecule has 0 amide bonds. The molecule has 0 radical (unpaired) electrons. The molecule has 0 aliphatic rings. The third kappa shape index (κ3) is 5.08. The van der Waals surface area contributed by atoms with E-state index in [0.717, 1.165) is 27.5 Å². The van der Waals surface area contributed by atoms with E-state index in [4.69, 9.17) is 4.42 Å². The second-order valence-corrected chi connectivity index (χ2v) is 8.13. The van der Waals surface area contributed by atoms with Gasteiger partial charge in [0.2, 0.25) is 0 Å². The Kier molecular flexibility index (Phi) is 7.08. The Morgan fingerprint density at radius 2 is 1.61 bits per heavy atom. The Bertz CT molecular complexity index is 1230. The second kappa shape index (κ2) is 10.3. The van der Waals surface area contributed by atoms with Crippen LogP contribution in [0.25, 0.3) is 22.4 Å². The Balaban J connectivity index is 1.63. The van der Waals surface area contributed by atoms with Crippen LogP contribution in [0.4, 0.5) is 0 Å². The van der Waals surface area contributed by atoms with Gasteiger partial charge in [0.25, 0.3) is 0 Å². The van der Waals surface area contributed by atoms with Gasteiger partial charge in [0.1, 0.15) is 17.6 Å². The lowest BCUT2D eigenvalue weighted by Gasteiger charge is -2.24. The number of fused-ring (bicyclic) bond motifs is 1. The number of aliphatic hydroxyl groups excluding tert-OH is 2. The predicted molar refractivity (Wildman–Crippen MR) is 133 cm³/mol. The number of phenolic OH excluding ortho intramolecular Hbond substituents is 1. The maximum absolute atomic E-state index is 10.9. The maximum atomic E-state index is 10.9. The van der Waals surface area contributed by atoms with E-state index in [1.54, 1.807) is 24.3 Å². The van der Waals surface area contributed by atoms with E-state index in [1.807, 2.05) is 60.7 Å². The summed E-state index contributed by atoms with van der Waals surface area (Å²) in [4.78, 5) is 0. The van der Waals surface area contributed by atoms with Crippen LogP contribution in [0.1, 0.15) is 35.8 Å². The molecule has 0 saturated heterocycles. The number of aliphatic hydroxyl groups is 2. The average molecular weight is 441 g/mol.